The molecule has 6 nitrogen and oxygen atoms in total. The number of allylic oxidation sites excluding steroid dienone is 1. The second-order valence-electron chi connectivity index (χ2n) is 5.12. The molecule has 124 valence electrons. The Labute approximate surface area is 136 Å². The molecule has 1 aliphatic rings. The Kier molecular flexibility index (Phi) is 5.76. The number of rotatable bonds is 6. The zero-order valence-electron chi connectivity index (χ0n) is 13.7. The van der Waals surface area contributed by atoms with E-state index < -0.39 is 5.97 Å². The lowest BCUT2D eigenvalue weighted by Crippen LogP contribution is -2.45. The normalized spacial score (nSPS) is 18.0. The summed E-state index contributed by atoms with van der Waals surface area (Å²) in [5, 5.41) is 9.37. The molecule has 0 radical (unpaired) electrons. The SMILES string of the molecule is C/C=C(\N=CCC)N1c2cccc(C(=O)O)c2OC[C@@H]1COC. The molecule has 2 rings (SSSR count). The van der Waals surface area contributed by atoms with E-state index in [2.05, 4.69) is 4.99 Å². The molecule has 0 amide bonds. The van der Waals surface area contributed by atoms with Gasteiger partial charge in [-0.3, -0.25) is 0 Å². The fraction of sp³-hybridized carbons (Fsp3) is 0.412. The summed E-state index contributed by atoms with van der Waals surface area (Å²) in [6.45, 7) is 4.71. The third-order valence-corrected chi connectivity index (χ3v) is 3.54. The number of anilines is 1. The molecule has 0 aromatic heterocycles. The second-order valence-corrected chi connectivity index (χ2v) is 5.12. The highest BCUT2D eigenvalue weighted by Gasteiger charge is 2.32. The first-order valence-corrected chi connectivity index (χ1v) is 7.60. The van der Waals surface area contributed by atoms with Crippen LogP contribution in [0.25, 0.3) is 0 Å². The van der Waals surface area contributed by atoms with Gasteiger partial charge in [0.05, 0.1) is 18.3 Å². The maximum Gasteiger partial charge on any atom is 0.339 e. The van der Waals surface area contributed by atoms with Gasteiger partial charge in [0, 0.05) is 13.3 Å². The van der Waals surface area contributed by atoms with Crippen LogP contribution in [0.1, 0.15) is 30.6 Å². The van der Waals surface area contributed by atoms with Crippen molar-refractivity contribution in [1.82, 2.24) is 0 Å². The summed E-state index contributed by atoms with van der Waals surface area (Å²) in [6.07, 6.45) is 4.55. The molecule has 0 spiro atoms. The Balaban J connectivity index is 2.54. The van der Waals surface area contributed by atoms with Gasteiger partial charge in [0.2, 0.25) is 0 Å². The summed E-state index contributed by atoms with van der Waals surface area (Å²) in [5.41, 5.74) is 0.845. The quantitative estimate of drug-likeness (QED) is 0.817. The number of carboxylic acid groups (broad SMARTS) is 1. The number of carboxylic acids is 1. The van der Waals surface area contributed by atoms with Gasteiger partial charge in [-0.05, 0) is 31.6 Å². The summed E-state index contributed by atoms with van der Waals surface area (Å²) in [4.78, 5) is 17.9. The van der Waals surface area contributed by atoms with Crippen LogP contribution in [0, 0.1) is 0 Å². The highest BCUT2D eigenvalue weighted by atomic mass is 16.5. The number of methoxy groups -OCH3 is 1. The molecule has 6 heteroatoms. The summed E-state index contributed by atoms with van der Waals surface area (Å²) in [6, 6.07) is 5.02. The molecule has 1 heterocycles. The summed E-state index contributed by atoms with van der Waals surface area (Å²) in [7, 11) is 1.63. The predicted octanol–water partition coefficient (Wildman–Crippen LogP) is 2.94. The van der Waals surface area contributed by atoms with Crippen molar-refractivity contribution in [2.24, 2.45) is 4.99 Å². The number of hydrogen-bond donors (Lipinski definition) is 1. The summed E-state index contributed by atoms with van der Waals surface area (Å²) in [5.74, 6) is 0.116. The zero-order valence-corrected chi connectivity index (χ0v) is 13.7. The number of ether oxygens (including phenoxy) is 2. The lowest BCUT2D eigenvalue weighted by Gasteiger charge is -2.38. The minimum atomic E-state index is -1.01. The summed E-state index contributed by atoms with van der Waals surface area (Å²) < 4.78 is 11.0. The van der Waals surface area contributed by atoms with Crippen molar-refractivity contribution in [1.29, 1.82) is 0 Å². The van der Waals surface area contributed by atoms with Crippen LogP contribution >= 0.6 is 0 Å². The largest absolute Gasteiger partial charge is 0.488 e. The third kappa shape index (κ3) is 3.53. The number of carbonyl (C=O) groups is 1. The van der Waals surface area contributed by atoms with Crippen molar-refractivity contribution >= 4 is 17.9 Å². The van der Waals surface area contributed by atoms with Crippen LogP contribution in [-0.2, 0) is 4.74 Å². The van der Waals surface area contributed by atoms with Crippen molar-refractivity contribution in [2.45, 2.75) is 26.3 Å². The van der Waals surface area contributed by atoms with Crippen LogP contribution in [0.5, 0.6) is 5.75 Å². The Morgan fingerprint density at radius 3 is 2.96 bits per heavy atom. The summed E-state index contributed by atoms with van der Waals surface area (Å²) >= 11 is 0. The molecule has 1 aliphatic heterocycles. The highest BCUT2D eigenvalue weighted by molar-refractivity contribution is 5.94. The fourth-order valence-electron chi connectivity index (χ4n) is 2.57. The Morgan fingerprint density at radius 2 is 2.35 bits per heavy atom. The van der Waals surface area contributed by atoms with Gasteiger partial charge in [-0.15, -0.1) is 0 Å². The van der Waals surface area contributed by atoms with Crippen molar-refractivity contribution in [2.75, 3.05) is 25.2 Å². The molecule has 1 N–H and O–H groups in total. The fourth-order valence-corrected chi connectivity index (χ4v) is 2.57. The number of benzene rings is 1. The van der Waals surface area contributed by atoms with E-state index in [1.165, 1.54) is 0 Å². The Hall–Kier alpha value is -2.34. The van der Waals surface area contributed by atoms with Gasteiger partial charge in [-0.1, -0.05) is 13.0 Å². The Bertz CT molecular complexity index is 625. The molecular weight excluding hydrogens is 296 g/mol. The van der Waals surface area contributed by atoms with Crippen molar-refractivity contribution in [3.63, 3.8) is 0 Å². The number of aliphatic imine (C=N–C) groups is 1. The molecule has 0 bridgehead atoms. The number of fused-ring (bicyclic) bond motifs is 1. The molecular formula is C17H22N2O4. The minimum absolute atomic E-state index is 0.0725. The van der Waals surface area contributed by atoms with Crippen LogP contribution in [0.4, 0.5) is 5.69 Å². The first-order valence-electron chi connectivity index (χ1n) is 7.60. The molecule has 0 aliphatic carbocycles. The van der Waals surface area contributed by atoms with Gasteiger partial charge in [-0.25, -0.2) is 9.79 Å². The van der Waals surface area contributed by atoms with E-state index in [4.69, 9.17) is 9.47 Å². The molecule has 0 saturated carbocycles. The van der Waals surface area contributed by atoms with E-state index in [1.54, 1.807) is 19.2 Å². The van der Waals surface area contributed by atoms with E-state index in [0.29, 0.717) is 24.7 Å². The average molecular weight is 318 g/mol. The highest BCUT2D eigenvalue weighted by Crippen LogP contribution is 2.39. The van der Waals surface area contributed by atoms with Gasteiger partial charge >= 0.3 is 5.97 Å². The molecule has 1 aromatic carbocycles. The van der Waals surface area contributed by atoms with E-state index in [0.717, 1.165) is 12.2 Å². The number of aromatic carboxylic acids is 1. The van der Waals surface area contributed by atoms with Crippen molar-refractivity contribution in [3.8, 4) is 5.75 Å². The number of para-hydroxylation sites is 1. The molecule has 0 unspecified atom stereocenters. The van der Waals surface area contributed by atoms with Gasteiger partial charge in [0.15, 0.2) is 5.75 Å². The van der Waals surface area contributed by atoms with Crippen LogP contribution in [0.3, 0.4) is 0 Å². The third-order valence-electron chi connectivity index (χ3n) is 3.54. The average Bonchev–Trinajstić information content (AvgIpc) is 2.56. The lowest BCUT2D eigenvalue weighted by atomic mass is 10.1. The lowest BCUT2D eigenvalue weighted by molar-refractivity contribution is 0.0689. The van der Waals surface area contributed by atoms with E-state index in [-0.39, 0.29) is 11.6 Å². The second kappa shape index (κ2) is 7.78. The van der Waals surface area contributed by atoms with Gasteiger partial charge < -0.3 is 19.5 Å². The minimum Gasteiger partial charge on any atom is -0.488 e. The van der Waals surface area contributed by atoms with Gasteiger partial charge in [0.25, 0.3) is 0 Å². The first-order chi connectivity index (χ1) is 11.1. The van der Waals surface area contributed by atoms with E-state index in [9.17, 15) is 9.90 Å². The van der Waals surface area contributed by atoms with Crippen LogP contribution in [0.15, 0.2) is 35.1 Å². The molecule has 1 aromatic rings. The van der Waals surface area contributed by atoms with Crippen LogP contribution in [-0.4, -0.2) is 43.7 Å². The predicted molar refractivity (Wildman–Crippen MR) is 89.6 cm³/mol. The zero-order chi connectivity index (χ0) is 16.8. The van der Waals surface area contributed by atoms with Gasteiger partial charge in [0.1, 0.15) is 18.0 Å². The molecule has 23 heavy (non-hydrogen) atoms. The van der Waals surface area contributed by atoms with E-state index >= 15 is 0 Å². The van der Waals surface area contributed by atoms with Crippen LogP contribution < -0.4 is 9.64 Å². The smallest absolute Gasteiger partial charge is 0.339 e. The van der Waals surface area contributed by atoms with Gasteiger partial charge in [-0.2, -0.15) is 0 Å². The number of hydrogen-bond acceptors (Lipinski definition) is 5. The molecule has 0 fully saturated rings. The molecule has 0 saturated heterocycles. The van der Waals surface area contributed by atoms with Crippen molar-refractivity contribution < 1.29 is 19.4 Å². The topological polar surface area (TPSA) is 71.4 Å². The maximum absolute atomic E-state index is 11.4. The number of nitrogens with zero attached hydrogens (tertiary/aromatic N) is 2. The standard InChI is InChI=1S/C17H22N2O4/c1-4-9-18-15(5-2)19-12(10-22-3)11-23-16-13(17(20)21)7-6-8-14(16)19/h5-9,12H,4,10-11H2,1-3H3,(H,20,21)/b15-5+,18-9?/t12-/m0/s1. The van der Waals surface area contributed by atoms with E-state index in [1.807, 2.05) is 37.1 Å². The first kappa shape index (κ1) is 17.0. The van der Waals surface area contributed by atoms with Crippen LogP contribution in [0.2, 0.25) is 0 Å². The monoisotopic (exact) mass is 318 g/mol. The maximum atomic E-state index is 11.4. The molecule has 1 atom stereocenters. The Morgan fingerprint density at radius 1 is 1.57 bits per heavy atom. The van der Waals surface area contributed by atoms with Crippen molar-refractivity contribution in [3.05, 3.63) is 35.7 Å².